The van der Waals surface area contributed by atoms with E-state index in [1.165, 1.54) is 5.56 Å². The number of thiazole rings is 1. The Kier molecular flexibility index (Phi) is 5.58. The zero-order valence-electron chi connectivity index (χ0n) is 16.5. The Morgan fingerprint density at radius 2 is 1.72 bits per heavy atom. The van der Waals surface area contributed by atoms with Crippen molar-refractivity contribution in [2.45, 2.75) is 26.9 Å². The highest BCUT2D eigenvalue weighted by molar-refractivity contribution is 7.15. The van der Waals surface area contributed by atoms with Gasteiger partial charge in [-0.15, -0.1) is 11.3 Å². The van der Waals surface area contributed by atoms with E-state index in [0.29, 0.717) is 18.8 Å². The van der Waals surface area contributed by atoms with Crippen molar-refractivity contribution in [1.82, 2.24) is 9.88 Å². The number of aromatic nitrogens is 1. The summed E-state index contributed by atoms with van der Waals surface area (Å²) >= 11 is 1.55. The molecule has 0 aliphatic heterocycles. The second kappa shape index (κ2) is 8.45. The van der Waals surface area contributed by atoms with Gasteiger partial charge in [0.25, 0.3) is 5.91 Å². The molecule has 0 aliphatic carbocycles. The lowest BCUT2D eigenvalue weighted by Gasteiger charge is -2.22. The molecule has 0 aliphatic rings. The van der Waals surface area contributed by atoms with Crippen molar-refractivity contribution in [3.63, 3.8) is 0 Å². The molecule has 29 heavy (non-hydrogen) atoms. The van der Waals surface area contributed by atoms with Gasteiger partial charge in [-0.2, -0.15) is 0 Å². The average Bonchev–Trinajstić information content (AvgIpc) is 3.39. The van der Waals surface area contributed by atoms with Crippen LogP contribution in [0.5, 0.6) is 0 Å². The Balaban J connectivity index is 1.69. The number of rotatable bonds is 6. The monoisotopic (exact) mass is 402 g/mol. The number of benzene rings is 2. The maximum absolute atomic E-state index is 13.6. The second-order valence-electron chi connectivity index (χ2n) is 7.00. The third-order valence-corrected chi connectivity index (χ3v) is 5.70. The summed E-state index contributed by atoms with van der Waals surface area (Å²) in [4.78, 5) is 20.9. The van der Waals surface area contributed by atoms with Crippen molar-refractivity contribution in [3.05, 3.63) is 101 Å². The number of furan rings is 1. The predicted octanol–water partition coefficient (Wildman–Crippen LogP) is 5.86. The molecule has 0 N–H and O–H groups in total. The first-order valence-corrected chi connectivity index (χ1v) is 10.3. The highest BCUT2D eigenvalue weighted by Gasteiger charge is 2.24. The molecule has 0 bridgehead atoms. The van der Waals surface area contributed by atoms with Crippen LogP contribution in [0.15, 0.2) is 77.4 Å². The first-order chi connectivity index (χ1) is 14.1. The van der Waals surface area contributed by atoms with Crippen molar-refractivity contribution in [3.8, 4) is 10.4 Å². The summed E-state index contributed by atoms with van der Waals surface area (Å²) in [6.07, 6.45) is 1.63. The standard InChI is InChI=1S/C24H22N2O2S/c1-17-10-12-19(13-11-17)15-26(16-21-9-6-14-28-21)24(27)22-23(29-18(2)25-22)20-7-4-3-5-8-20/h3-14H,15-16H2,1-2H3. The lowest BCUT2D eigenvalue weighted by molar-refractivity contribution is 0.0713. The second-order valence-corrected chi connectivity index (χ2v) is 8.21. The number of hydrogen-bond acceptors (Lipinski definition) is 4. The van der Waals surface area contributed by atoms with E-state index in [1.807, 2.05) is 49.4 Å². The first-order valence-electron chi connectivity index (χ1n) is 9.50. The molecule has 0 spiro atoms. The summed E-state index contributed by atoms with van der Waals surface area (Å²) in [6.45, 7) is 4.87. The zero-order valence-corrected chi connectivity index (χ0v) is 17.3. The largest absolute Gasteiger partial charge is 0.467 e. The van der Waals surface area contributed by atoms with E-state index in [-0.39, 0.29) is 5.91 Å². The van der Waals surface area contributed by atoms with Crippen LogP contribution in [-0.2, 0) is 13.1 Å². The van der Waals surface area contributed by atoms with Gasteiger partial charge in [-0.25, -0.2) is 4.98 Å². The summed E-state index contributed by atoms with van der Waals surface area (Å²) in [5, 5.41) is 0.875. The van der Waals surface area contributed by atoms with Gasteiger partial charge in [-0.1, -0.05) is 60.2 Å². The molecule has 5 heteroatoms. The van der Waals surface area contributed by atoms with Crippen LogP contribution >= 0.6 is 11.3 Å². The van der Waals surface area contributed by atoms with Crippen LogP contribution in [0.2, 0.25) is 0 Å². The summed E-state index contributed by atoms with van der Waals surface area (Å²) in [7, 11) is 0. The van der Waals surface area contributed by atoms with Crippen LogP contribution in [0.25, 0.3) is 10.4 Å². The molecule has 0 unspecified atom stereocenters. The molecule has 0 atom stereocenters. The minimum atomic E-state index is -0.0924. The number of carbonyl (C=O) groups excluding carboxylic acids is 1. The summed E-state index contributed by atoms with van der Waals surface area (Å²) < 4.78 is 5.52. The fraction of sp³-hybridized carbons (Fsp3) is 0.167. The van der Waals surface area contributed by atoms with Crippen LogP contribution in [0.3, 0.4) is 0 Å². The van der Waals surface area contributed by atoms with Crippen molar-refractivity contribution in [1.29, 1.82) is 0 Å². The van der Waals surface area contributed by atoms with E-state index in [9.17, 15) is 4.79 Å². The van der Waals surface area contributed by atoms with Gasteiger partial charge in [-0.05, 0) is 37.1 Å². The van der Waals surface area contributed by atoms with Gasteiger partial charge < -0.3 is 9.32 Å². The van der Waals surface area contributed by atoms with Gasteiger partial charge in [0.1, 0.15) is 11.5 Å². The Hall–Kier alpha value is -3.18. The minimum absolute atomic E-state index is 0.0924. The molecule has 0 fully saturated rings. The van der Waals surface area contributed by atoms with Gasteiger partial charge in [0.2, 0.25) is 0 Å². The third kappa shape index (κ3) is 4.46. The highest BCUT2D eigenvalue weighted by atomic mass is 32.1. The fourth-order valence-electron chi connectivity index (χ4n) is 3.21. The van der Waals surface area contributed by atoms with Gasteiger partial charge in [0, 0.05) is 6.54 Å². The molecule has 4 nitrogen and oxygen atoms in total. The van der Waals surface area contributed by atoms with Crippen LogP contribution in [-0.4, -0.2) is 15.8 Å². The summed E-state index contributed by atoms with van der Waals surface area (Å²) in [5.74, 6) is 0.656. The molecular weight excluding hydrogens is 380 g/mol. The molecule has 0 radical (unpaired) electrons. The van der Waals surface area contributed by atoms with Crippen molar-refractivity contribution < 1.29 is 9.21 Å². The van der Waals surface area contributed by atoms with Crippen LogP contribution in [0, 0.1) is 13.8 Å². The van der Waals surface area contributed by atoms with E-state index in [2.05, 4.69) is 36.2 Å². The Morgan fingerprint density at radius 3 is 2.41 bits per heavy atom. The number of amides is 1. The molecule has 0 saturated heterocycles. The maximum atomic E-state index is 13.6. The normalized spacial score (nSPS) is 10.8. The minimum Gasteiger partial charge on any atom is -0.467 e. The smallest absolute Gasteiger partial charge is 0.274 e. The van der Waals surface area contributed by atoms with Crippen LogP contribution < -0.4 is 0 Å². The fourth-order valence-corrected chi connectivity index (χ4v) is 4.13. The third-order valence-electron chi connectivity index (χ3n) is 4.68. The molecular formula is C24H22N2O2S. The van der Waals surface area contributed by atoms with E-state index < -0.39 is 0 Å². The molecule has 1 amide bonds. The van der Waals surface area contributed by atoms with E-state index >= 15 is 0 Å². The number of carbonyl (C=O) groups is 1. The van der Waals surface area contributed by atoms with Crippen LogP contribution in [0.4, 0.5) is 0 Å². The maximum Gasteiger partial charge on any atom is 0.274 e. The first kappa shape index (κ1) is 19.2. The van der Waals surface area contributed by atoms with E-state index in [4.69, 9.17) is 4.42 Å². The number of aryl methyl sites for hydroxylation is 2. The lowest BCUT2D eigenvalue weighted by Crippen LogP contribution is -2.30. The topological polar surface area (TPSA) is 46.3 Å². The summed E-state index contributed by atoms with van der Waals surface area (Å²) in [6, 6.07) is 21.9. The molecule has 2 heterocycles. The highest BCUT2D eigenvalue weighted by Crippen LogP contribution is 2.31. The SMILES string of the molecule is Cc1ccc(CN(Cc2ccco2)C(=O)c2nc(C)sc2-c2ccccc2)cc1. The van der Waals surface area contributed by atoms with Gasteiger partial charge in [0.15, 0.2) is 0 Å². The molecule has 146 valence electrons. The van der Waals surface area contributed by atoms with Gasteiger partial charge in [-0.3, -0.25) is 4.79 Å². The van der Waals surface area contributed by atoms with Crippen LogP contribution in [0.1, 0.15) is 32.4 Å². The van der Waals surface area contributed by atoms with E-state index in [1.54, 1.807) is 22.5 Å². The number of hydrogen-bond donors (Lipinski definition) is 0. The molecule has 0 saturated carbocycles. The molecule has 4 rings (SSSR count). The zero-order chi connectivity index (χ0) is 20.2. The predicted molar refractivity (Wildman–Crippen MR) is 116 cm³/mol. The van der Waals surface area contributed by atoms with Crippen molar-refractivity contribution in [2.75, 3.05) is 0 Å². The van der Waals surface area contributed by atoms with Gasteiger partial charge in [0.05, 0.1) is 22.7 Å². The molecule has 4 aromatic rings. The molecule has 2 aromatic carbocycles. The van der Waals surface area contributed by atoms with Crippen molar-refractivity contribution >= 4 is 17.2 Å². The summed E-state index contributed by atoms with van der Waals surface area (Å²) in [5.41, 5.74) is 3.77. The van der Waals surface area contributed by atoms with Gasteiger partial charge >= 0.3 is 0 Å². The molecule has 2 aromatic heterocycles. The van der Waals surface area contributed by atoms with Crippen molar-refractivity contribution in [2.24, 2.45) is 0 Å². The average molecular weight is 403 g/mol. The Morgan fingerprint density at radius 1 is 0.966 bits per heavy atom. The lowest BCUT2D eigenvalue weighted by atomic mass is 10.1. The van der Waals surface area contributed by atoms with E-state index in [0.717, 1.165) is 26.8 Å². The Labute approximate surface area is 174 Å². The number of nitrogens with zero attached hydrogens (tertiary/aromatic N) is 2. The Bertz CT molecular complexity index is 1080. The quantitative estimate of drug-likeness (QED) is 0.406.